The Bertz CT molecular complexity index is 1140. The lowest BCUT2D eigenvalue weighted by Gasteiger charge is -2.10. The summed E-state index contributed by atoms with van der Waals surface area (Å²) in [5.41, 5.74) is 2.19. The van der Waals surface area contributed by atoms with Gasteiger partial charge < -0.3 is 14.5 Å². The SMILES string of the molecule is O=C(COc1ccc2oc3c(c2c1)CCCC3)Nc1ccnn1Cc1cccs1. The molecule has 0 fully saturated rings. The number of ether oxygens (including phenoxy) is 1. The summed E-state index contributed by atoms with van der Waals surface area (Å²) in [6.45, 7) is 0.569. The minimum Gasteiger partial charge on any atom is -0.484 e. The molecule has 148 valence electrons. The van der Waals surface area contributed by atoms with Crippen LogP contribution in [0.3, 0.4) is 0 Å². The maximum absolute atomic E-state index is 12.4. The molecule has 1 aliphatic rings. The lowest BCUT2D eigenvalue weighted by atomic mass is 9.96. The molecule has 29 heavy (non-hydrogen) atoms. The smallest absolute Gasteiger partial charge is 0.263 e. The first kappa shape index (κ1) is 18.0. The monoisotopic (exact) mass is 407 g/mol. The lowest BCUT2D eigenvalue weighted by molar-refractivity contribution is -0.118. The highest BCUT2D eigenvalue weighted by Crippen LogP contribution is 2.33. The van der Waals surface area contributed by atoms with Crippen LogP contribution in [0.2, 0.25) is 0 Å². The zero-order valence-electron chi connectivity index (χ0n) is 15.9. The van der Waals surface area contributed by atoms with Crippen molar-refractivity contribution in [3.05, 3.63) is 64.2 Å². The maximum Gasteiger partial charge on any atom is 0.263 e. The van der Waals surface area contributed by atoms with E-state index in [-0.39, 0.29) is 12.5 Å². The van der Waals surface area contributed by atoms with Gasteiger partial charge in [0.05, 0.1) is 12.7 Å². The van der Waals surface area contributed by atoms with Crippen LogP contribution in [0.15, 0.2) is 52.4 Å². The minimum atomic E-state index is -0.216. The van der Waals surface area contributed by atoms with Crippen molar-refractivity contribution in [1.29, 1.82) is 0 Å². The summed E-state index contributed by atoms with van der Waals surface area (Å²) >= 11 is 1.66. The number of amides is 1. The number of anilines is 1. The lowest BCUT2D eigenvalue weighted by Crippen LogP contribution is -2.22. The molecule has 0 saturated carbocycles. The third-order valence-corrected chi connectivity index (χ3v) is 6.03. The van der Waals surface area contributed by atoms with Crippen molar-refractivity contribution in [2.75, 3.05) is 11.9 Å². The zero-order valence-corrected chi connectivity index (χ0v) is 16.7. The van der Waals surface area contributed by atoms with Gasteiger partial charge in [0.25, 0.3) is 5.91 Å². The molecule has 0 atom stereocenters. The van der Waals surface area contributed by atoms with Crippen molar-refractivity contribution in [3.8, 4) is 5.75 Å². The second-order valence-corrected chi connectivity index (χ2v) is 8.19. The second-order valence-electron chi connectivity index (χ2n) is 7.16. The molecule has 0 unspecified atom stereocenters. The molecule has 0 saturated heterocycles. The van der Waals surface area contributed by atoms with Crippen LogP contribution in [-0.4, -0.2) is 22.3 Å². The number of thiophene rings is 1. The summed E-state index contributed by atoms with van der Waals surface area (Å²) in [4.78, 5) is 13.6. The van der Waals surface area contributed by atoms with Crippen molar-refractivity contribution in [3.63, 3.8) is 0 Å². The van der Waals surface area contributed by atoms with E-state index >= 15 is 0 Å². The Hall–Kier alpha value is -3.06. The molecule has 7 heteroatoms. The number of aryl methyl sites for hydroxylation is 2. The summed E-state index contributed by atoms with van der Waals surface area (Å²) in [6, 6.07) is 11.6. The summed E-state index contributed by atoms with van der Waals surface area (Å²) in [6.07, 6.45) is 6.09. The van der Waals surface area contributed by atoms with Gasteiger partial charge in [-0.1, -0.05) is 6.07 Å². The number of fused-ring (bicyclic) bond motifs is 3. The Labute approximate surface area is 172 Å². The first-order valence-electron chi connectivity index (χ1n) is 9.77. The molecule has 4 aromatic rings. The molecule has 1 aromatic carbocycles. The van der Waals surface area contributed by atoms with Crippen LogP contribution in [-0.2, 0) is 24.2 Å². The molecule has 0 spiro atoms. The molecule has 1 aliphatic carbocycles. The van der Waals surface area contributed by atoms with E-state index in [1.165, 1.54) is 23.3 Å². The van der Waals surface area contributed by atoms with E-state index in [0.29, 0.717) is 18.1 Å². The van der Waals surface area contributed by atoms with Crippen LogP contribution in [0.5, 0.6) is 5.75 Å². The van der Waals surface area contributed by atoms with Crippen LogP contribution in [0, 0.1) is 0 Å². The number of hydrogen-bond donors (Lipinski definition) is 1. The number of carbonyl (C=O) groups is 1. The fourth-order valence-electron chi connectivity index (χ4n) is 3.77. The average molecular weight is 407 g/mol. The van der Waals surface area contributed by atoms with Crippen molar-refractivity contribution >= 4 is 34.0 Å². The predicted molar refractivity (Wildman–Crippen MR) is 113 cm³/mol. The number of furan rings is 1. The van der Waals surface area contributed by atoms with Crippen LogP contribution in [0.25, 0.3) is 11.0 Å². The number of benzene rings is 1. The van der Waals surface area contributed by atoms with Crippen LogP contribution >= 0.6 is 11.3 Å². The summed E-state index contributed by atoms with van der Waals surface area (Å²) in [7, 11) is 0. The normalized spacial score (nSPS) is 13.4. The Balaban J connectivity index is 1.24. The highest BCUT2D eigenvalue weighted by molar-refractivity contribution is 7.09. The molecule has 0 aliphatic heterocycles. The largest absolute Gasteiger partial charge is 0.484 e. The van der Waals surface area contributed by atoms with Gasteiger partial charge in [-0.2, -0.15) is 5.10 Å². The Morgan fingerprint density at radius 1 is 1.24 bits per heavy atom. The topological polar surface area (TPSA) is 69.3 Å². The summed E-state index contributed by atoms with van der Waals surface area (Å²) < 4.78 is 13.5. The fourth-order valence-corrected chi connectivity index (χ4v) is 4.46. The molecule has 1 N–H and O–H groups in total. The maximum atomic E-state index is 12.4. The average Bonchev–Trinajstić information content (AvgIpc) is 3.47. The van der Waals surface area contributed by atoms with Crippen molar-refractivity contribution in [1.82, 2.24) is 9.78 Å². The molecule has 5 rings (SSSR count). The van der Waals surface area contributed by atoms with Gasteiger partial charge in [0.2, 0.25) is 0 Å². The number of nitrogens with zero attached hydrogens (tertiary/aromatic N) is 2. The van der Waals surface area contributed by atoms with E-state index in [1.807, 2.05) is 35.7 Å². The number of carbonyl (C=O) groups excluding carboxylic acids is 1. The quantitative estimate of drug-likeness (QED) is 0.506. The third-order valence-electron chi connectivity index (χ3n) is 5.17. The molecular weight excluding hydrogens is 386 g/mol. The Kier molecular flexibility index (Phi) is 4.81. The van der Waals surface area contributed by atoms with E-state index in [1.54, 1.807) is 28.3 Å². The molecular formula is C22H21N3O3S. The van der Waals surface area contributed by atoms with E-state index in [4.69, 9.17) is 9.15 Å². The standard InChI is InChI=1S/C22H21N3O3S/c26-22(24-21-9-10-23-25(21)13-16-4-3-11-29-16)14-27-15-7-8-20-18(12-15)17-5-1-2-6-19(17)28-20/h3-4,7-12H,1-2,5-6,13-14H2,(H,24,26). The molecule has 3 heterocycles. The summed E-state index contributed by atoms with van der Waals surface area (Å²) in [5.74, 6) is 2.22. The second kappa shape index (κ2) is 7.75. The van der Waals surface area contributed by atoms with Gasteiger partial charge in [-0.3, -0.25) is 4.79 Å². The van der Waals surface area contributed by atoms with Gasteiger partial charge in [-0.25, -0.2) is 4.68 Å². The Morgan fingerprint density at radius 2 is 2.17 bits per heavy atom. The molecule has 6 nitrogen and oxygen atoms in total. The highest BCUT2D eigenvalue weighted by Gasteiger charge is 2.18. The van der Waals surface area contributed by atoms with Gasteiger partial charge in [0, 0.05) is 28.3 Å². The van der Waals surface area contributed by atoms with Gasteiger partial charge in [-0.05, 0) is 48.9 Å². The molecule has 0 radical (unpaired) electrons. The van der Waals surface area contributed by atoms with Crippen molar-refractivity contribution in [2.45, 2.75) is 32.2 Å². The van der Waals surface area contributed by atoms with E-state index in [9.17, 15) is 4.79 Å². The van der Waals surface area contributed by atoms with E-state index in [0.717, 1.165) is 29.6 Å². The van der Waals surface area contributed by atoms with E-state index < -0.39 is 0 Å². The number of hydrogen-bond acceptors (Lipinski definition) is 5. The molecule has 3 aromatic heterocycles. The summed E-state index contributed by atoms with van der Waals surface area (Å²) in [5, 5.41) is 10.3. The van der Waals surface area contributed by atoms with Crippen LogP contribution < -0.4 is 10.1 Å². The van der Waals surface area contributed by atoms with Gasteiger partial charge in [0.15, 0.2) is 6.61 Å². The van der Waals surface area contributed by atoms with Crippen LogP contribution in [0.4, 0.5) is 5.82 Å². The van der Waals surface area contributed by atoms with E-state index in [2.05, 4.69) is 10.4 Å². The first-order chi connectivity index (χ1) is 14.3. The van der Waals surface area contributed by atoms with Crippen molar-refractivity contribution in [2.24, 2.45) is 0 Å². The number of rotatable bonds is 6. The molecule has 1 amide bonds. The highest BCUT2D eigenvalue weighted by atomic mass is 32.1. The van der Waals surface area contributed by atoms with Gasteiger partial charge in [0.1, 0.15) is 22.9 Å². The van der Waals surface area contributed by atoms with Gasteiger partial charge >= 0.3 is 0 Å². The minimum absolute atomic E-state index is 0.0598. The Morgan fingerprint density at radius 3 is 3.07 bits per heavy atom. The predicted octanol–water partition coefficient (Wildman–Crippen LogP) is 4.64. The zero-order chi connectivity index (χ0) is 19.6. The first-order valence-corrected chi connectivity index (χ1v) is 10.7. The fraction of sp³-hybridized carbons (Fsp3) is 0.273. The number of aromatic nitrogens is 2. The third kappa shape index (κ3) is 3.78. The van der Waals surface area contributed by atoms with Gasteiger partial charge in [-0.15, -0.1) is 11.3 Å². The van der Waals surface area contributed by atoms with Crippen LogP contribution in [0.1, 0.15) is 29.0 Å². The molecule has 0 bridgehead atoms. The van der Waals surface area contributed by atoms with Crippen molar-refractivity contribution < 1.29 is 13.9 Å². The number of nitrogens with one attached hydrogen (secondary N) is 1.